The van der Waals surface area contributed by atoms with Crippen LogP contribution in [0.1, 0.15) is 75.8 Å². The molecule has 0 saturated heterocycles. The van der Waals surface area contributed by atoms with E-state index in [-0.39, 0.29) is 23.1 Å². The van der Waals surface area contributed by atoms with E-state index >= 15 is 0 Å². The van der Waals surface area contributed by atoms with Crippen LogP contribution in [0.5, 0.6) is 11.5 Å². The first kappa shape index (κ1) is 22.4. The number of fused-ring (bicyclic) bond motifs is 5. The topological polar surface area (TPSA) is 108 Å². The summed E-state index contributed by atoms with van der Waals surface area (Å²) in [5.41, 5.74) is 2.51. The van der Waals surface area contributed by atoms with Crippen LogP contribution < -0.4 is 19.4 Å². The van der Waals surface area contributed by atoms with Gasteiger partial charge in [0, 0.05) is 12.5 Å². The number of rotatable bonds is 6. The summed E-state index contributed by atoms with van der Waals surface area (Å²) in [4.78, 5) is 12.3. The molecule has 2 saturated carbocycles. The van der Waals surface area contributed by atoms with Crippen molar-refractivity contribution < 1.29 is 22.1 Å². The molecule has 4 rings (SSSR count). The molecule has 2 fully saturated rings. The Bertz CT molecular complexity index is 963. The first-order valence-corrected chi connectivity index (χ1v) is 12.9. The van der Waals surface area contributed by atoms with E-state index in [2.05, 4.69) is 12.2 Å². The number of aryl methyl sites for hydroxylation is 1. The highest BCUT2D eigenvalue weighted by Gasteiger charge is 2.55. The average Bonchev–Trinajstić information content (AvgIpc) is 3.02. The summed E-state index contributed by atoms with van der Waals surface area (Å²) in [6.07, 6.45) is 7.75. The van der Waals surface area contributed by atoms with Crippen LogP contribution in [-0.4, -0.2) is 27.5 Å². The number of ether oxygens (including phenoxy) is 1. The molecule has 0 spiro atoms. The van der Waals surface area contributed by atoms with Gasteiger partial charge in [0.1, 0.15) is 0 Å². The number of hydrogen-bond donors (Lipinski definition) is 2. The molecule has 1 aromatic rings. The summed E-state index contributed by atoms with van der Waals surface area (Å²) < 4.78 is 33.3. The van der Waals surface area contributed by atoms with Crippen molar-refractivity contribution in [2.45, 2.75) is 77.2 Å². The maximum atomic E-state index is 12.3. The van der Waals surface area contributed by atoms with Crippen molar-refractivity contribution in [2.24, 2.45) is 22.4 Å². The van der Waals surface area contributed by atoms with Crippen molar-refractivity contribution in [2.75, 3.05) is 7.11 Å². The molecule has 0 aliphatic heterocycles. The minimum absolute atomic E-state index is 0.142. The second kappa shape index (κ2) is 8.28. The number of nitrogens with two attached hydrogens (primary N) is 1. The molecule has 1 amide bonds. The molecule has 31 heavy (non-hydrogen) atoms. The van der Waals surface area contributed by atoms with Crippen LogP contribution in [0.25, 0.3) is 0 Å². The number of benzene rings is 1. The van der Waals surface area contributed by atoms with Gasteiger partial charge in [0.2, 0.25) is 5.91 Å². The van der Waals surface area contributed by atoms with E-state index in [4.69, 9.17) is 14.1 Å². The Hall–Kier alpha value is -1.80. The van der Waals surface area contributed by atoms with Crippen molar-refractivity contribution in [3.8, 4) is 11.5 Å². The standard InChI is InChI=1S/C23H34N2O5S/c1-4-5-22(26)25-21-9-8-18-16-7-6-14-12-20(30-31(24,27)28)19(29-3)13-17(14)15(16)10-11-23(18,21)2/h12-13,15-16,18,21H,4-11H2,1-3H3,(H,25,26)(H2,24,27,28)/t15?,16?,18?,21-,23-/m0/s1. The first-order valence-electron chi connectivity index (χ1n) is 11.4. The number of methoxy groups -OCH3 is 1. The minimum Gasteiger partial charge on any atom is -0.493 e. The lowest BCUT2D eigenvalue weighted by molar-refractivity contribution is -0.123. The van der Waals surface area contributed by atoms with Gasteiger partial charge in [-0.2, -0.15) is 13.6 Å². The maximum absolute atomic E-state index is 12.3. The fraction of sp³-hybridized carbons (Fsp3) is 0.696. The van der Waals surface area contributed by atoms with E-state index in [9.17, 15) is 13.2 Å². The van der Waals surface area contributed by atoms with E-state index in [1.165, 1.54) is 12.7 Å². The van der Waals surface area contributed by atoms with Gasteiger partial charge in [0.25, 0.3) is 0 Å². The van der Waals surface area contributed by atoms with Crippen molar-refractivity contribution in [1.82, 2.24) is 5.32 Å². The zero-order valence-electron chi connectivity index (χ0n) is 18.6. The highest BCUT2D eigenvalue weighted by atomic mass is 32.2. The fourth-order valence-electron chi connectivity index (χ4n) is 6.66. The predicted molar refractivity (Wildman–Crippen MR) is 118 cm³/mol. The first-order chi connectivity index (χ1) is 14.7. The molecule has 0 radical (unpaired) electrons. The third-order valence-corrected chi connectivity index (χ3v) is 8.44. The molecule has 172 valence electrons. The molecule has 5 atom stereocenters. The summed E-state index contributed by atoms with van der Waals surface area (Å²) in [6.45, 7) is 4.41. The Morgan fingerprint density at radius 1 is 1.23 bits per heavy atom. The Kier molecular flexibility index (Phi) is 5.98. The monoisotopic (exact) mass is 450 g/mol. The highest BCUT2D eigenvalue weighted by molar-refractivity contribution is 7.84. The van der Waals surface area contributed by atoms with Crippen LogP contribution in [0.3, 0.4) is 0 Å². The Balaban J connectivity index is 1.59. The number of carbonyl (C=O) groups excluding carboxylic acids is 1. The smallest absolute Gasteiger partial charge is 0.380 e. The predicted octanol–water partition coefficient (Wildman–Crippen LogP) is 3.42. The third-order valence-electron chi connectivity index (χ3n) is 8.03. The molecule has 8 heteroatoms. The molecule has 3 aliphatic rings. The van der Waals surface area contributed by atoms with Crippen molar-refractivity contribution in [3.63, 3.8) is 0 Å². The molecule has 3 N–H and O–H groups in total. The van der Waals surface area contributed by atoms with Crippen LogP contribution in [0.15, 0.2) is 12.1 Å². The lowest BCUT2D eigenvalue weighted by Gasteiger charge is -2.51. The van der Waals surface area contributed by atoms with Gasteiger partial charge in [-0.25, -0.2) is 0 Å². The molecule has 0 aromatic heterocycles. The number of amides is 1. The largest absolute Gasteiger partial charge is 0.493 e. The summed E-state index contributed by atoms with van der Waals surface area (Å²) in [7, 11) is -2.60. The molecular formula is C23H34N2O5S. The zero-order chi connectivity index (χ0) is 22.4. The van der Waals surface area contributed by atoms with Gasteiger partial charge in [0.15, 0.2) is 11.5 Å². The molecule has 1 aromatic carbocycles. The number of hydrogen-bond acceptors (Lipinski definition) is 5. The molecule has 3 aliphatic carbocycles. The van der Waals surface area contributed by atoms with Gasteiger partial charge in [-0.15, -0.1) is 0 Å². The second-order valence-electron chi connectivity index (χ2n) is 9.69. The summed E-state index contributed by atoms with van der Waals surface area (Å²) in [5.74, 6) is 2.30. The van der Waals surface area contributed by atoms with Crippen molar-refractivity contribution in [3.05, 3.63) is 23.3 Å². The van der Waals surface area contributed by atoms with Crippen LogP contribution in [0.4, 0.5) is 0 Å². The maximum Gasteiger partial charge on any atom is 0.380 e. The molecule has 7 nitrogen and oxygen atoms in total. The Morgan fingerprint density at radius 3 is 2.68 bits per heavy atom. The van der Waals surface area contributed by atoms with Crippen LogP contribution in [0, 0.1) is 17.3 Å². The molecule has 0 bridgehead atoms. The lowest BCUT2D eigenvalue weighted by atomic mass is 9.55. The molecular weight excluding hydrogens is 416 g/mol. The van der Waals surface area contributed by atoms with Gasteiger partial charge in [0.05, 0.1) is 7.11 Å². The lowest BCUT2D eigenvalue weighted by Crippen LogP contribution is -2.50. The third kappa shape index (κ3) is 4.16. The summed E-state index contributed by atoms with van der Waals surface area (Å²) in [5, 5.41) is 8.41. The SMILES string of the molecule is CCCC(=O)N[C@H]1CCC2C3CCc4cc(OS(N)(=O)=O)c(OC)cc4C3CC[C@@]21C. The summed E-state index contributed by atoms with van der Waals surface area (Å²) in [6, 6.07) is 3.99. The van der Waals surface area contributed by atoms with E-state index in [0.717, 1.165) is 50.5 Å². The second-order valence-corrected chi connectivity index (χ2v) is 10.8. The van der Waals surface area contributed by atoms with Crippen LogP contribution in [-0.2, 0) is 21.5 Å². The van der Waals surface area contributed by atoms with Gasteiger partial charge >= 0.3 is 10.3 Å². The zero-order valence-corrected chi connectivity index (χ0v) is 19.5. The quantitative estimate of drug-likeness (QED) is 0.690. The Morgan fingerprint density at radius 2 is 2.00 bits per heavy atom. The van der Waals surface area contributed by atoms with Gasteiger partial charge < -0.3 is 14.2 Å². The van der Waals surface area contributed by atoms with E-state index in [1.807, 2.05) is 13.0 Å². The fourth-order valence-corrected chi connectivity index (χ4v) is 7.04. The average molecular weight is 451 g/mol. The van der Waals surface area contributed by atoms with Crippen LogP contribution in [0.2, 0.25) is 0 Å². The van der Waals surface area contributed by atoms with E-state index in [1.54, 1.807) is 6.07 Å². The van der Waals surface area contributed by atoms with Gasteiger partial charge in [-0.3, -0.25) is 4.79 Å². The van der Waals surface area contributed by atoms with E-state index in [0.29, 0.717) is 29.9 Å². The highest BCUT2D eigenvalue weighted by Crippen LogP contribution is 2.61. The van der Waals surface area contributed by atoms with Crippen LogP contribution >= 0.6 is 0 Å². The molecule has 3 unspecified atom stereocenters. The molecule has 0 heterocycles. The minimum atomic E-state index is -4.11. The van der Waals surface area contributed by atoms with Gasteiger partial charge in [-0.1, -0.05) is 13.8 Å². The van der Waals surface area contributed by atoms with Crippen molar-refractivity contribution in [1.29, 1.82) is 0 Å². The summed E-state index contributed by atoms with van der Waals surface area (Å²) >= 11 is 0. The van der Waals surface area contributed by atoms with Crippen molar-refractivity contribution >= 4 is 16.2 Å². The number of carbonyl (C=O) groups is 1. The normalized spacial score (nSPS) is 31.9. The Labute approximate surface area is 185 Å². The van der Waals surface area contributed by atoms with Gasteiger partial charge in [-0.05, 0) is 91.4 Å². The van der Waals surface area contributed by atoms with E-state index < -0.39 is 10.3 Å². The number of nitrogens with one attached hydrogen (secondary N) is 1.